The topological polar surface area (TPSA) is 38.9 Å². The van der Waals surface area contributed by atoms with Gasteiger partial charge in [-0.2, -0.15) is 13.2 Å². The minimum atomic E-state index is -4.41. The third-order valence-electron chi connectivity index (χ3n) is 2.53. The molecule has 2 aromatic heterocycles. The average Bonchev–Trinajstić information content (AvgIpc) is 2.67. The second kappa shape index (κ2) is 3.58. The van der Waals surface area contributed by atoms with Crippen molar-refractivity contribution in [1.29, 1.82) is 0 Å². The van der Waals surface area contributed by atoms with Crippen molar-refractivity contribution in [2.75, 3.05) is 0 Å². The molecule has 0 saturated heterocycles. The predicted octanol–water partition coefficient (Wildman–Crippen LogP) is 4.05. The fraction of sp³-hybridized carbons (Fsp3) is 0.0909. The van der Waals surface area contributed by atoms with E-state index in [2.05, 4.69) is 9.97 Å². The lowest BCUT2D eigenvalue weighted by Crippen LogP contribution is -2.03. The Morgan fingerprint density at radius 1 is 1.17 bits per heavy atom. The van der Waals surface area contributed by atoms with E-state index in [1.54, 1.807) is 0 Å². The summed E-state index contributed by atoms with van der Waals surface area (Å²) in [6.07, 6.45) is -3.23. The summed E-state index contributed by atoms with van der Waals surface area (Å²) in [7, 11) is 0. The summed E-state index contributed by atoms with van der Waals surface area (Å²) < 4.78 is 43.2. The third-order valence-corrected chi connectivity index (χ3v) is 2.80. The van der Waals surface area contributed by atoms with Gasteiger partial charge >= 0.3 is 6.18 Å². The molecule has 0 fully saturated rings. The Hall–Kier alpha value is -1.82. The molecule has 0 spiro atoms. The highest BCUT2D eigenvalue weighted by molar-refractivity contribution is 6.34. The molecule has 7 heteroatoms. The summed E-state index contributed by atoms with van der Waals surface area (Å²) in [5, 5.41) is 0.342. The molecule has 3 nitrogen and oxygen atoms in total. The number of fused-ring (bicyclic) bond motifs is 3. The maximum Gasteiger partial charge on any atom is 0.416 e. The molecular weight excluding hydrogens is 269 g/mol. The van der Waals surface area contributed by atoms with Crippen molar-refractivity contribution >= 4 is 33.7 Å². The third kappa shape index (κ3) is 1.60. The Balaban J connectivity index is 2.40. The Bertz CT molecular complexity index is 751. The summed E-state index contributed by atoms with van der Waals surface area (Å²) in [6.45, 7) is 0. The van der Waals surface area contributed by atoms with Gasteiger partial charge in [-0.15, -0.1) is 0 Å². The van der Waals surface area contributed by atoms with E-state index < -0.39 is 11.7 Å². The van der Waals surface area contributed by atoms with Gasteiger partial charge in [0, 0.05) is 5.39 Å². The van der Waals surface area contributed by atoms with E-state index in [0.29, 0.717) is 5.58 Å². The molecule has 0 aliphatic heterocycles. The SMILES string of the molecule is FC(F)(F)c1ccc2oc3c(Cl)ncnc3c2c1. The molecule has 92 valence electrons. The Morgan fingerprint density at radius 2 is 1.94 bits per heavy atom. The maximum absolute atomic E-state index is 12.6. The molecule has 0 aliphatic carbocycles. The molecule has 2 heterocycles. The normalized spacial score (nSPS) is 12.4. The van der Waals surface area contributed by atoms with E-state index >= 15 is 0 Å². The first kappa shape index (κ1) is 11.3. The van der Waals surface area contributed by atoms with Gasteiger partial charge in [0.2, 0.25) is 0 Å². The van der Waals surface area contributed by atoms with Crippen molar-refractivity contribution in [3.63, 3.8) is 0 Å². The molecular formula is C11H4ClF3N2O. The first-order valence-electron chi connectivity index (χ1n) is 4.87. The van der Waals surface area contributed by atoms with Crippen LogP contribution in [0, 0.1) is 0 Å². The molecule has 1 aromatic carbocycles. The number of alkyl halides is 3. The highest BCUT2D eigenvalue weighted by Gasteiger charge is 2.31. The van der Waals surface area contributed by atoms with Gasteiger partial charge in [0.05, 0.1) is 5.56 Å². The van der Waals surface area contributed by atoms with Gasteiger partial charge in [0.1, 0.15) is 17.4 Å². The van der Waals surface area contributed by atoms with Crippen LogP contribution in [0.25, 0.3) is 22.1 Å². The van der Waals surface area contributed by atoms with Crippen LogP contribution < -0.4 is 0 Å². The van der Waals surface area contributed by atoms with Gasteiger partial charge < -0.3 is 4.42 Å². The Labute approximate surface area is 103 Å². The minimum Gasteiger partial charge on any atom is -0.451 e. The summed E-state index contributed by atoms with van der Waals surface area (Å²) in [5.41, 5.74) is -0.00238. The van der Waals surface area contributed by atoms with Crippen molar-refractivity contribution in [1.82, 2.24) is 9.97 Å². The summed E-state index contributed by atoms with van der Waals surface area (Å²) in [5.74, 6) is 0. The maximum atomic E-state index is 12.6. The Morgan fingerprint density at radius 3 is 2.67 bits per heavy atom. The van der Waals surface area contributed by atoms with E-state index in [1.807, 2.05) is 0 Å². The van der Waals surface area contributed by atoms with Crippen LogP contribution in [0.3, 0.4) is 0 Å². The molecule has 3 aromatic rings. The van der Waals surface area contributed by atoms with Gasteiger partial charge in [0.15, 0.2) is 10.7 Å². The van der Waals surface area contributed by atoms with Crippen LogP contribution in [-0.4, -0.2) is 9.97 Å². The van der Waals surface area contributed by atoms with Crippen LogP contribution in [0.1, 0.15) is 5.56 Å². The lowest BCUT2D eigenvalue weighted by Gasteiger charge is -2.05. The summed E-state index contributed by atoms with van der Waals surface area (Å²) in [4.78, 5) is 7.61. The van der Waals surface area contributed by atoms with Crippen molar-refractivity contribution in [3.05, 3.63) is 35.2 Å². The first-order chi connectivity index (χ1) is 8.47. The lowest BCUT2D eigenvalue weighted by molar-refractivity contribution is -0.137. The number of furan rings is 1. The number of rotatable bonds is 0. The minimum absolute atomic E-state index is 0.0739. The van der Waals surface area contributed by atoms with E-state index in [9.17, 15) is 13.2 Å². The zero-order valence-electron chi connectivity index (χ0n) is 8.62. The highest BCUT2D eigenvalue weighted by atomic mass is 35.5. The van der Waals surface area contributed by atoms with E-state index in [-0.39, 0.29) is 21.6 Å². The van der Waals surface area contributed by atoms with E-state index in [1.165, 1.54) is 12.4 Å². The molecule has 0 bridgehead atoms. The van der Waals surface area contributed by atoms with Crippen LogP contribution in [0.15, 0.2) is 28.9 Å². The van der Waals surface area contributed by atoms with E-state index in [4.69, 9.17) is 16.0 Å². The van der Waals surface area contributed by atoms with Crippen LogP contribution >= 0.6 is 11.6 Å². The van der Waals surface area contributed by atoms with Crippen molar-refractivity contribution in [2.24, 2.45) is 0 Å². The molecule has 0 N–H and O–H groups in total. The monoisotopic (exact) mass is 272 g/mol. The zero-order valence-corrected chi connectivity index (χ0v) is 9.38. The smallest absolute Gasteiger partial charge is 0.416 e. The van der Waals surface area contributed by atoms with Crippen LogP contribution in [0.4, 0.5) is 13.2 Å². The quantitative estimate of drug-likeness (QED) is 0.580. The standard InChI is InChI=1S/C11H4ClF3N2O/c12-10-9-8(16-4-17-10)6-3-5(11(13,14)15)1-2-7(6)18-9/h1-4H. The van der Waals surface area contributed by atoms with Crippen molar-refractivity contribution in [2.45, 2.75) is 6.18 Å². The highest BCUT2D eigenvalue weighted by Crippen LogP contribution is 2.35. The van der Waals surface area contributed by atoms with Crippen molar-refractivity contribution < 1.29 is 17.6 Å². The van der Waals surface area contributed by atoms with Gasteiger partial charge in [-0.25, -0.2) is 9.97 Å². The fourth-order valence-corrected chi connectivity index (χ4v) is 1.90. The van der Waals surface area contributed by atoms with Crippen molar-refractivity contribution in [3.8, 4) is 0 Å². The summed E-state index contributed by atoms with van der Waals surface area (Å²) >= 11 is 5.79. The van der Waals surface area contributed by atoms with Crippen LogP contribution in [-0.2, 0) is 6.18 Å². The number of benzene rings is 1. The van der Waals surface area contributed by atoms with Crippen LogP contribution in [0.5, 0.6) is 0 Å². The van der Waals surface area contributed by atoms with E-state index in [0.717, 1.165) is 12.1 Å². The molecule has 0 saturated carbocycles. The molecule has 18 heavy (non-hydrogen) atoms. The molecule has 0 amide bonds. The van der Waals surface area contributed by atoms with Gasteiger partial charge in [-0.1, -0.05) is 11.6 Å². The summed E-state index contributed by atoms with van der Waals surface area (Å²) in [6, 6.07) is 3.19. The number of hydrogen-bond donors (Lipinski definition) is 0. The van der Waals surface area contributed by atoms with Crippen LogP contribution in [0.2, 0.25) is 5.15 Å². The Kier molecular flexibility index (Phi) is 2.25. The predicted molar refractivity (Wildman–Crippen MR) is 59.3 cm³/mol. The second-order valence-electron chi connectivity index (χ2n) is 3.65. The number of halogens is 4. The van der Waals surface area contributed by atoms with Gasteiger partial charge in [-0.05, 0) is 18.2 Å². The second-order valence-corrected chi connectivity index (χ2v) is 4.01. The molecule has 0 aliphatic rings. The lowest BCUT2D eigenvalue weighted by atomic mass is 10.1. The fourth-order valence-electron chi connectivity index (χ4n) is 1.72. The number of nitrogens with zero attached hydrogens (tertiary/aromatic N) is 2. The molecule has 3 rings (SSSR count). The average molecular weight is 273 g/mol. The van der Waals surface area contributed by atoms with Gasteiger partial charge in [0.25, 0.3) is 0 Å². The molecule has 0 atom stereocenters. The first-order valence-corrected chi connectivity index (χ1v) is 5.24. The zero-order chi connectivity index (χ0) is 12.9. The number of hydrogen-bond acceptors (Lipinski definition) is 3. The largest absolute Gasteiger partial charge is 0.451 e. The molecule has 0 unspecified atom stereocenters. The van der Waals surface area contributed by atoms with Gasteiger partial charge in [-0.3, -0.25) is 0 Å². The number of aromatic nitrogens is 2. The molecule has 0 radical (unpaired) electrons.